The Kier molecular flexibility index (Phi) is 3.36. The number of hydrogen-bond donors (Lipinski definition) is 1. The van der Waals surface area contributed by atoms with Gasteiger partial charge in [0.15, 0.2) is 0 Å². The highest BCUT2D eigenvalue weighted by Gasteiger charge is 2.10. The molecule has 0 atom stereocenters. The number of hydrogen-bond acceptors (Lipinski definition) is 4. The van der Waals surface area contributed by atoms with E-state index in [1.54, 1.807) is 0 Å². The summed E-state index contributed by atoms with van der Waals surface area (Å²) in [7, 11) is 0. The van der Waals surface area contributed by atoms with E-state index in [2.05, 4.69) is 26.1 Å². The fraction of sp³-hybridized carbons (Fsp3) is 0.273. The molecule has 2 N–H and O–H groups in total. The van der Waals surface area contributed by atoms with E-state index in [4.69, 9.17) is 10.2 Å². The van der Waals surface area contributed by atoms with Gasteiger partial charge in [0.1, 0.15) is 0 Å². The Morgan fingerprint density at radius 2 is 2.19 bits per heavy atom. The number of halogens is 1. The van der Waals surface area contributed by atoms with Gasteiger partial charge in [-0.25, -0.2) is 0 Å². The van der Waals surface area contributed by atoms with Crippen molar-refractivity contribution in [2.75, 3.05) is 6.54 Å². The van der Waals surface area contributed by atoms with Crippen molar-refractivity contribution in [1.82, 2.24) is 10.2 Å². The second-order valence-electron chi connectivity index (χ2n) is 3.52. The van der Waals surface area contributed by atoms with Crippen LogP contribution in [0.15, 0.2) is 27.1 Å². The summed E-state index contributed by atoms with van der Waals surface area (Å²) in [6.07, 6.45) is 0.608. The van der Waals surface area contributed by atoms with Crippen LogP contribution in [0.5, 0.6) is 0 Å². The molecule has 0 bridgehead atoms. The zero-order valence-corrected chi connectivity index (χ0v) is 10.5. The van der Waals surface area contributed by atoms with Crippen molar-refractivity contribution in [3.05, 3.63) is 34.1 Å². The van der Waals surface area contributed by atoms with Crippen molar-refractivity contribution in [2.24, 2.45) is 5.73 Å². The summed E-state index contributed by atoms with van der Waals surface area (Å²) < 4.78 is 6.45. The average Bonchev–Trinajstić information content (AvgIpc) is 2.67. The van der Waals surface area contributed by atoms with Gasteiger partial charge in [-0.15, -0.1) is 10.2 Å². The summed E-state index contributed by atoms with van der Waals surface area (Å²) in [6, 6.07) is 5.98. The molecule has 1 heterocycles. The Morgan fingerprint density at radius 3 is 2.88 bits per heavy atom. The topological polar surface area (TPSA) is 64.9 Å². The molecule has 0 amide bonds. The molecule has 5 heteroatoms. The first-order valence-electron chi connectivity index (χ1n) is 4.99. The Labute approximate surface area is 102 Å². The smallest absolute Gasteiger partial charge is 0.248 e. The second-order valence-corrected chi connectivity index (χ2v) is 4.38. The molecule has 0 aliphatic carbocycles. The number of aromatic nitrogens is 2. The number of aryl methyl sites for hydroxylation is 1. The zero-order valence-electron chi connectivity index (χ0n) is 8.90. The molecule has 16 heavy (non-hydrogen) atoms. The zero-order chi connectivity index (χ0) is 11.5. The van der Waals surface area contributed by atoms with E-state index in [9.17, 15) is 0 Å². The first-order valence-corrected chi connectivity index (χ1v) is 5.79. The summed E-state index contributed by atoms with van der Waals surface area (Å²) >= 11 is 3.48. The fourth-order valence-corrected chi connectivity index (χ4v) is 2.04. The molecule has 84 valence electrons. The van der Waals surface area contributed by atoms with E-state index in [1.165, 1.54) is 5.56 Å². The summed E-state index contributed by atoms with van der Waals surface area (Å²) in [5.41, 5.74) is 7.50. The number of nitrogens with zero attached hydrogens (tertiary/aromatic N) is 2. The second kappa shape index (κ2) is 4.76. The number of nitrogens with two attached hydrogens (primary N) is 1. The lowest BCUT2D eigenvalue weighted by Crippen LogP contribution is -2.02. The van der Waals surface area contributed by atoms with Crippen molar-refractivity contribution >= 4 is 15.9 Å². The van der Waals surface area contributed by atoms with Crippen LogP contribution in [0.4, 0.5) is 0 Å². The van der Waals surface area contributed by atoms with E-state index < -0.39 is 0 Å². The lowest BCUT2D eigenvalue weighted by Gasteiger charge is -2.00. The van der Waals surface area contributed by atoms with Gasteiger partial charge < -0.3 is 10.2 Å². The third-order valence-electron chi connectivity index (χ3n) is 2.18. The SMILES string of the molecule is Cc1ccc(-c2nnc(CCN)o2)c(Br)c1. The first kappa shape index (κ1) is 11.3. The van der Waals surface area contributed by atoms with Gasteiger partial charge in [0.2, 0.25) is 11.8 Å². The van der Waals surface area contributed by atoms with Crippen molar-refractivity contribution in [2.45, 2.75) is 13.3 Å². The number of benzene rings is 1. The molecule has 0 spiro atoms. The lowest BCUT2D eigenvalue weighted by molar-refractivity contribution is 0.507. The van der Waals surface area contributed by atoms with Crippen molar-refractivity contribution in [3.8, 4) is 11.5 Å². The monoisotopic (exact) mass is 281 g/mol. The highest BCUT2D eigenvalue weighted by molar-refractivity contribution is 9.10. The highest BCUT2D eigenvalue weighted by atomic mass is 79.9. The summed E-state index contributed by atoms with van der Waals surface area (Å²) in [5, 5.41) is 7.92. The van der Waals surface area contributed by atoms with Gasteiger partial charge in [0.05, 0.1) is 5.56 Å². The Hall–Kier alpha value is -1.20. The van der Waals surface area contributed by atoms with Crippen LogP contribution in [0.3, 0.4) is 0 Å². The third kappa shape index (κ3) is 2.31. The normalized spacial score (nSPS) is 10.7. The van der Waals surface area contributed by atoms with Crippen LogP contribution in [-0.4, -0.2) is 16.7 Å². The maximum absolute atomic E-state index is 5.50. The van der Waals surface area contributed by atoms with Crippen LogP contribution in [0.2, 0.25) is 0 Å². The van der Waals surface area contributed by atoms with E-state index >= 15 is 0 Å². The molecular weight excluding hydrogens is 270 g/mol. The minimum absolute atomic E-state index is 0.511. The molecule has 2 aromatic rings. The predicted molar refractivity (Wildman–Crippen MR) is 64.9 cm³/mol. The molecule has 0 saturated carbocycles. The molecule has 0 saturated heterocycles. The van der Waals surface area contributed by atoms with Gasteiger partial charge >= 0.3 is 0 Å². The average molecular weight is 282 g/mol. The van der Waals surface area contributed by atoms with Crippen molar-refractivity contribution in [3.63, 3.8) is 0 Å². The van der Waals surface area contributed by atoms with Crippen LogP contribution >= 0.6 is 15.9 Å². The predicted octanol–water partition coefficient (Wildman–Crippen LogP) is 2.31. The van der Waals surface area contributed by atoms with Crippen LogP contribution < -0.4 is 5.73 Å². The molecule has 1 aromatic heterocycles. The quantitative estimate of drug-likeness (QED) is 0.938. The molecule has 0 radical (unpaired) electrons. The van der Waals surface area contributed by atoms with Gasteiger partial charge in [-0.3, -0.25) is 0 Å². The van der Waals surface area contributed by atoms with Gasteiger partial charge in [-0.1, -0.05) is 6.07 Å². The van der Waals surface area contributed by atoms with Crippen molar-refractivity contribution < 1.29 is 4.42 Å². The molecule has 4 nitrogen and oxygen atoms in total. The first-order chi connectivity index (χ1) is 7.70. The third-order valence-corrected chi connectivity index (χ3v) is 2.84. The van der Waals surface area contributed by atoms with Gasteiger partial charge in [0, 0.05) is 17.4 Å². The summed E-state index contributed by atoms with van der Waals surface area (Å²) in [4.78, 5) is 0. The largest absolute Gasteiger partial charge is 0.421 e. The standard InChI is InChI=1S/C11H12BrN3O/c1-7-2-3-8(9(12)6-7)11-15-14-10(16-11)4-5-13/h2-3,6H,4-5,13H2,1H3. The van der Waals surface area contributed by atoms with Gasteiger partial charge in [-0.05, 0) is 40.5 Å². The maximum Gasteiger partial charge on any atom is 0.248 e. The lowest BCUT2D eigenvalue weighted by atomic mass is 10.1. The van der Waals surface area contributed by atoms with E-state index in [1.807, 2.05) is 25.1 Å². The minimum Gasteiger partial charge on any atom is -0.421 e. The van der Waals surface area contributed by atoms with Gasteiger partial charge in [-0.2, -0.15) is 0 Å². The molecule has 0 aliphatic rings. The molecule has 0 unspecified atom stereocenters. The van der Waals surface area contributed by atoms with E-state index in [0.717, 1.165) is 10.0 Å². The highest BCUT2D eigenvalue weighted by Crippen LogP contribution is 2.27. The summed E-state index contributed by atoms with van der Waals surface area (Å²) in [5.74, 6) is 1.10. The molecule has 0 fully saturated rings. The summed E-state index contributed by atoms with van der Waals surface area (Å²) in [6.45, 7) is 2.54. The number of rotatable bonds is 3. The Bertz CT molecular complexity index is 496. The molecular formula is C11H12BrN3O. The van der Waals surface area contributed by atoms with Crippen LogP contribution in [0.25, 0.3) is 11.5 Å². The maximum atomic E-state index is 5.50. The van der Waals surface area contributed by atoms with Crippen LogP contribution in [-0.2, 0) is 6.42 Å². The van der Waals surface area contributed by atoms with E-state index in [-0.39, 0.29) is 0 Å². The minimum atomic E-state index is 0.511. The Morgan fingerprint density at radius 1 is 1.38 bits per heavy atom. The van der Waals surface area contributed by atoms with E-state index in [0.29, 0.717) is 24.7 Å². The van der Waals surface area contributed by atoms with Crippen molar-refractivity contribution in [1.29, 1.82) is 0 Å². The van der Waals surface area contributed by atoms with Gasteiger partial charge in [0.25, 0.3) is 0 Å². The Balaban J connectivity index is 2.35. The molecule has 2 rings (SSSR count). The fourth-order valence-electron chi connectivity index (χ4n) is 1.38. The van der Waals surface area contributed by atoms with Crippen LogP contribution in [0.1, 0.15) is 11.5 Å². The molecule has 1 aromatic carbocycles. The molecule has 0 aliphatic heterocycles. The van der Waals surface area contributed by atoms with Crippen LogP contribution in [0, 0.1) is 6.92 Å².